The fraction of sp³-hybridized carbons (Fsp3) is 0.250. The molecular weight excluding hydrogens is 307 g/mol. The molecule has 2 aromatic heterocycles. The lowest BCUT2D eigenvalue weighted by Crippen LogP contribution is -2.07. The molecule has 0 saturated carbocycles. The Bertz CT molecular complexity index is 437. The van der Waals surface area contributed by atoms with Gasteiger partial charge in [0.05, 0.1) is 18.4 Å². The van der Waals surface area contributed by atoms with Crippen LogP contribution >= 0.6 is 22.6 Å². The number of aromatic nitrogens is 5. The van der Waals surface area contributed by atoms with Gasteiger partial charge in [0.25, 0.3) is 0 Å². The van der Waals surface area contributed by atoms with Crippen molar-refractivity contribution in [3.8, 4) is 0 Å². The highest BCUT2D eigenvalue weighted by Crippen LogP contribution is 2.04. The Balaban J connectivity index is 1.99. The number of rotatable bonds is 3. The number of hydrogen-bond donors (Lipinski definition) is 1. The number of nitrogens with zero attached hydrogens (tertiary/aromatic N) is 5. The van der Waals surface area contributed by atoms with Crippen LogP contribution in [0.2, 0.25) is 0 Å². The molecule has 2 rings (SSSR count). The van der Waals surface area contributed by atoms with Gasteiger partial charge in [0, 0.05) is 23.0 Å². The van der Waals surface area contributed by atoms with Crippen molar-refractivity contribution in [2.45, 2.75) is 6.54 Å². The van der Waals surface area contributed by atoms with Gasteiger partial charge in [-0.3, -0.25) is 4.68 Å². The van der Waals surface area contributed by atoms with E-state index in [2.05, 4.69) is 48.2 Å². The maximum Gasteiger partial charge on any atom is 0.222 e. The highest BCUT2D eigenvalue weighted by molar-refractivity contribution is 14.1. The Morgan fingerprint density at radius 1 is 1.33 bits per heavy atom. The van der Waals surface area contributed by atoms with Crippen LogP contribution < -0.4 is 5.32 Å². The molecule has 7 heteroatoms. The molecule has 0 unspecified atom stereocenters. The number of nitrogens with one attached hydrogen (secondary N) is 1. The topological polar surface area (TPSA) is 68.5 Å². The first-order valence-electron chi connectivity index (χ1n) is 4.30. The van der Waals surface area contributed by atoms with Crippen molar-refractivity contribution < 1.29 is 0 Å². The summed E-state index contributed by atoms with van der Waals surface area (Å²) >= 11 is 2.16. The van der Waals surface area contributed by atoms with Crippen molar-refractivity contribution in [2.75, 3.05) is 5.32 Å². The van der Waals surface area contributed by atoms with Gasteiger partial charge >= 0.3 is 0 Å². The number of halogens is 1. The van der Waals surface area contributed by atoms with Crippen LogP contribution in [0.5, 0.6) is 0 Å². The third-order valence-electron chi connectivity index (χ3n) is 1.86. The van der Waals surface area contributed by atoms with Crippen molar-refractivity contribution in [1.29, 1.82) is 0 Å². The van der Waals surface area contributed by atoms with E-state index in [4.69, 9.17) is 0 Å². The minimum absolute atomic E-state index is 0.608. The number of aryl methyl sites for hydroxylation is 1. The van der Waals surface area contributed by atoms with Crippen LogP contribution in [0.1, 0.15) is 5.69 Å². The van der Waals surface area contributed by atoms with E-state index in [1.165, 1.54) is 0 Å². The molecule has 0 aromatic carbocycles. The van der Waals surface area contributed by atoms with E-state index >= 15 is 0 Å². The van der Waals surface area contributed by atoms with Crippen LogP contribution in [-0.2, 0) is 13.6 Å². The predicted molar refractivity (Wildman–Crippen MR) is 63.1 cm³/mol. The molecule has 0 aliphatic carbocycles. The minimum Gasteiger partial charge on any atom is -0.349 e. The van der Waals surface area contributed by atoms with Gasteiger partial charge < -0.3 is 5.32 Å². The van der Waals surface area contributed by atoms with E-state index in [9.17, 15) is 0 Å². The van der Waals surface area contributed by atoms with Crippen LogP contribution in [0.15, 0.2) is 18.6 Å². The molecule has 2 aromatic rings. The number of hydrogen-bond acceptors (Lipinski definition) is 5. The summed E-state index contributed by atoms with van der Waals surface area (Å²) in [4.78, 5) is 8.26. The fourth-order valence-electron chi connectivity index (χ4n) is 1.04. The van der Waals surface area contributed by atoms with Gasteiger partial charge in [0.15, 0.2) is 0 Å². The normalized spacial score (nSPS) is 10.3. The summed E-state index contributed by atoms with van der Waals surface area (Å²) in [6.45, 7) is 0.615. The second kappa shape index (κ2) is 4.51. The van der Waals surface area contributed by atoms with Crippen LogP contribution in [0.25, 0.3) is 0 Å². The third-order valence-corrected chi connectivity index (χ3v) is 2.41. The molecule has 78 valence electrons. The minimum atomic E-state index is 0.608. The van der Waals surface area contributed by atoms with Crippen molar-refractivity contribution in [1.82, 2.24) is 25.0 Å². The molecule has 2 heterocycles. The average molecular weight is 316 g/mol. The van der Waals surface area contributed by atoms with Gasteiger partial charge in [-0.1, -0.05) is 5.21 Å². The second-order valence-electron chi connectivity index (χ2n) is 2.93. The Hall–Kier alpha value is -1.25. The lowest BCUT2D eigenvalue weighted by atomic mass is 10.4. The smallest absolute Gasteiger partial charge is 0.222 e. The molecule has 0 bridgehead atoms. The van der Waals surface area contributed by atoms with Gasteiger partial charge in [-0.05, 0) is 22.6 Å². The molecule has 0 atom stereocenters. The largest absolute Gasteiger partial charge is 0.349 e. The standard InChI is InChI=1S/C8H9IN6/c1-15-7(5-13-14-15)4-12-8-10-2-6(9)3-11-8/h2-3,5H,4H2,1H3,(H,10,11,12). The highest BCUT2D eigenvalue weighted by Gasteiger charge is 2.00. The van der Waals surface area contributed by atoms with Crippen molar-refractivity contribution in [2.24, 2.45) is 7.05 Å². The SMILES string of the molecule is Cn1nncc1CNc1ncc(I)cn1. The molecule has 0 amide bonds. The van der Waals surface area contributed by atoms with Crippen molar-refractivity contribution >= 4 is 28.5 Å². The number of anilines is 1. The van der Waals surface area contributed by atoms with Crippen LogP contribution in [0, 0.1) is 3.57 Å². The van der Waals surface area contributed by atoms with E-state index in [0.717, 1.165) is 9.26 Å². The summed E-state index contributed by atoms with van der Waals surface area (Å²) in [6, 6.07) is 0. The summed E-state index contributed by atoms with van der Waals surface area (Å²) in [5.41, 5.74) is 0.983. The van der Waals surface area contributed by atoms with Gasteiger partial charge in [-0.25, -0.2) is 9.97 Å². The van der Waals surface area contributed by atoms with E-state index in [1.54, 1.807) is 23.3 Å². The Kier molecular flexibility index (Phi) is 3.09. The maximum atomic E-state index is 4.13. The monoisotopic (exact) mass is 316 g/mol. The lowest BCUT2D eigenvalue weighted by molar-refractivity contribution is 0.682. The lowest BCUT2D eigenvalue weighted by Gasteiger charge is -2.03. The summed E-state index contributed by atoms with van der Waals surface area (Å²) in [6.07, 6.45) is 5.23. The summed E-state index contributed by atoms with van der Waals surface area (Å²) in [5.74, 6) is 0.608. The van der Waals surface area contributed by atoms with Gasteiger partial charge in [0.1, 0.15) is 0 Å². The van der Waals surface area contributed by atoms with Crippen molar-refractivity contribution in [3.63, 3.8) is 0 Å². The van der Waals surface area contributed by atoms with Crippen LogP contribution in [0.3, 0.4) is 0 Å². The summed E-state index contributed by atoms with van der Waals surface area (Å²) < 4.78 is 2.72. The van der Waals surface area contributed by atoms with Crippen LogP contribution in [-0.4, -0.2) is 25.0 Å². The fourth-order valence-corrected chi connectivity index (χ4v) is 1.32. The second-order valence-corrected chi connectivity index (χ2v) is 4.17. The summed E-state index contributed by atoms with van der Waals surface area (Å²) in [7, 11) is 1.85. The maximum absolute atomic E-state index is 4.13. The third kappa shape index (κ3) is 2.61. The molecule has 0 saturated heterocycles. The zero-order valence-corrected chi connectivity index (χ0v) is 10.2. The van der Waals surface area contributed by atoms with E-state index in [-0.39, 0.29) is 0 Å². The molecule has 6 nitrogen and oxygen atoms in total. The highest BCUT2D eigenvalue weighted by atomic mass is 127. The van der Waals surface area contributed by atoms with Gasteiger partial charge in [0.2, 0.25) is 5.95 Å². The molecule has 0 aliphatic heterocycles. The summed E-state index contributed by atoms with van der Waals surface area (Å²) in [5, 5.41) is 10.7. The Morgan fingerprint density at radius 3 is 2.67 bits per heavy atom. The van der Waals surface area contributed by atoms with E-state index in [1.807, 2.05) is 7.05 Å². The van der Waals surface area contributed by atoms with E-state index < -0.39 is 0 Å². The zero-order valence-electron chi connectivity index (χ0n) is 8.05. The first-order valence-corrected chi connectivity index (χ1v) is 5.38. The predicted octanol–water partition coefficient (Wildman–Crippen LogP) is 0.822. The van der Waals surface area contributed by atoms with Gasteiger partial charge in [-0.15, -0.1) is 5.10 Å². The quantitative estimate of drug-likeness (QED) is 0.849. The molecule has 15 heavy (non-hydrogen) atoms. The molecule has 1 N–H and O–H groups in total. The molecule has 0 spiro atoms. The van der Waals surface area contributed by atoms with Gasteiger partial charge in [-0.2, -0.15) is 0 Å². The first kappa shape index (κ1) is 10.3. The molecular formula is C8H9IN6. The Morgan fingerprint density at radius 2 is 2.07 bits per heavy atom. The molecule has 0 fully saturated rings. The van der Waals surface area contributed by atoms with Crippen LogP contribution in [0.4, 0.5) is 5.95 Å². The zero-order chi connectivity index (χ0) is 10.7. The van der Waals surface area contributed by atoms with E-state index in [0.29, 0.717) is 12.5 Å². The Labute approximate surface area is 100 Å². The molecule has 0 aliphatic rings. The molecule has 0 radical (unpaired) electrons. The van der Waals surface area contributed by atoms with Crippen molar-refractivity contribution in [3.05, 3.63) is 27.9 Å². The average Bonchev–Trinajstić information content (AvgIpc) is 2.63. The first-order chi connectivity index (χ1) is 7.25.